The van der Waals surface area contributed by atoms with Crippen molar-refractivity contribution in [2.45, 2.75) is 13.0 Å². The van der Waals surface area contributed by atoms with Crippen molar-refractivity contribution in [1.29, 1.82) is 0 Å². The molecule has 0 radical (unpaired) electrons. The van der Waals surface area contributed by atoms with Crippen LogP contribution < -0.4 is 5.32 Å². The Morgan fingerprint density at radius 3 is 2.75 bits per heavy atom. The van der Waals surface area contributed by atoms with Crippen molar-refractivity contribution >= 4 is 28.8 Å². The van der Waals surface area contributed by atoms with Gasteiger partial charge in [-0.05, 0) is 29.8 Å². The lowest BCUT2D eigenvalue weighted by Gasteiger charge is -2.04. The van der Waals surface area contributed by atoms with E-state index in [-0.39, 0.29) is 18.1 Å². The van der Waals surface area contributed by atoms with Crippen LogP contribution in [0, 0.1) is 5.82 Å². The molecular weight excluding hydrogens is 347 g/mol. The fourth-order valence-corrected chi connectivity index (χ4v) is 3.18. The Bertz CT molecular complexity index is 848. The van der Waals surface area contributed by atoms with Crippen LogP contribution in [-0.4, -0.2) is 10.9 Å². The molecule has 0 spiro atoms. The zero-order valence-corrected chi connectivity index (χ0v) is 14.2. The third-order valence-electron chi connectivity index (χ3n) is 3.37. The fraction of sp³-hybridized carbons (Fsp3) is 0.111. The third kappa shape index (κ3) is 4.40. The van der Waals surface area contributed by atoms with Crippen LogP contribution in [0.25, 0.3) is 10.6 Å². The van der Waals surface area contributed by atoms with E-state index in [2.05, 4.69) is 10.3 Å². The summed E-state index contributed by atoms with van der Waals surface area (Å²) in [6.45, 7) is 0.365. The Morgan fingerprint density at radius 2 is 2.00 bits per heavy atom. The molecule has 6 heteroatoms. The molecule has 24 heavy (non-hydrogen) atoms. The highest BCUT2D eigenvalue weighted by Crippen LogP contribution is 2.26. The monoisotopic (exact) mass is 360 g/mol. The number of aromatic nitrogens is 1. The SMILES string of the molecule is O=C(Cc1csc(-c2cccc(Cl)c2)n1)NCc1ccc(F)cc1. The van der Waals surface area contributed by atoms with E-state index < -0.39 is 0 Å². The van der Waals surface area contributed by atoms with E-state index in [1.165, 1.54) is 23.5 Å². The molecule has 0 aliphatic rings. The number of carbonyl (C=O) groups excluding carboxylic acids is 1. The molecule has 0 saturated heterocycles. The van der Waals surface area contributed by atoms with Crippen molar-refractivity contribution in [1.82, 2.24) is 10.3 Å². The van der Waals surface area contributed by atoms with Crippen LogP contribution in [0.5, 0.6) is 0 Å². The van der Waals surface area contributed by atoms with Crippen LogP contribution >= 0.6 is 22.9 Å². The van der Waals surface area contributed by atoms with Gasteiger partial charge < -0.3 is 5.32 Å². The third-order valence-corrected chi connectivity index (χ3v) is 4.54. The molecule has 0 unspecified atom stereocenters. The van der Waals surface area contributed by atoms with Crippen LogP contribution in [0.15, 0.2) is 53.9 Å². The first-order chi connectivity index (χ1) is 11.6. The number of amides is 1. The van der Waals surface area contributed by atoms with Crippen molar-refractivity contribution in [3.63, 3.8) is 0 Å². The summed E-state index contributed by atoms with van der Waals surface area (Å²) in [7, 11) is 0. The second-order valence-electron chi connectivity index (χ2n) is 5.23. The van der Waals surface area contributed by atoms with E-state index in [0.717, 1.165) is 16.1 Å². The first-order valence-electron chi connectivity index (χ1n) is 7.31. The molecule has 1 aromatic heterocycles. The maximum atomic E-state index is 12.8. The molecule has 3 aromatic rings. The summed E-state index contributed by atoms with van der Waals surface area (Å²) < 4.78 is 12.8. The number of thiazole rings is 1. The number of benzene rings is 2. The van der Waals surface area contributed by atoms with E-state index in [0.29, 0.717) is 17.3 Å². The molecule has 2 aromatic carbocycles. The highest BCUT2D eigenvalue weighted by molar-refractivity contribution is 7.13. The minimum Gasteiger partial charge on any atom is -0.352 e. The number of carbonyl (C=O) groups is 1. The molecular formula is C18H14ClFN2OS. The summed E-state index contributed by atoms with van der Waals surface area (Å²) >= 11 is 7.46. The Balaban J connectivity index is 1.58. The molecule has 0 atom stereocenters. The largest absolute Gasteiger partial charge is 0.352 e. The van der Waals surface area contributed by atoms with Gasteiger partial charge in [0.2, 0.25) is 5.91 Å². The highest BCUT2D eigenvalue weighted by Gasteiger charge is 2.09. The zero-order valence-electron chi connectivity index (χ0n) is 12.6. The van der Waals surface area contributed by atoms with Crippen LogP contribution in [0.4, 0.5) is 4.39 Å². The number of rotatable bonds is 5. The van der Waals surface area contributed by atoms with Gasteiger partial charge in [-0.1, -0.05) is 35.9 Å². The van der Waals surface area contributed by atoms with Crippen LogP contribution in [0.3, 0.4) is 0 Å². The Morgan fingerprint density at radius 1 is 1.21 bits per heavy atom. The minimum atomic E-state index is -0.291. The van der Waals surface area contributed by atoms with E-state index in [1.54, 1.807) is 12.1 Å². The average molecular weight is 361 g/mol. The van der Waals surface area contributed by atoms with Gasteiger partial charge >= 0.3 is 0 Å². The number of nitrogens with one attached hydrogen (secondary N) is 1. The molecule has 1 heterocycles. The van der Waals surface area contributed by atoms with Gasteiger partial charge in [0, 0.05) is 22.5 Å². The van der Waals surface area contributed by atoms with Gasteiger partial charge in [0.05, 0.1) is 12.1 Å². The lowest BCUT2D eigenvalue weighted by Crippen LogP contribution is -2.24. The zero-order chi connectivity index (χ0) is 16.9. The molecule has 0 fully saturated rings. The smallest absolute Gasteiger partial charge is 0.226 e. The molecule has 122 valence electrons. The molecule has 0 bridgehead atoms. The minimum absolute atomic E-state index is 0.123. The second-order valence-corrected chi connectivity index (χ2v) is 6.53. The second kappa shape index (κ2) is 7.55. The summed E-state index contributed by atoms with van der Waals surface area (Å²) in [5.74, 6) is -0.414. The first kappa shape index (κ1) is 16.6. The summed E-state index contributed by atoms with van der Waals surface area (Å²) in [5, 5.41) is 6.16. The molecule has 3 rings (SSSR count). The van der Waals surface area contributed by atoms with Crippen molar-refractivity contribution in [2.24, 2.45) is 0 Å². The first-order valence-corrected chi connectivity index (χ1v) is 8.57. The quantitative estimate of drug-likeness (QED) is 0.729. The fourth-order valence-electron chi connectivity index (χ4n) is 2.17. The number of nitrogens with zero attached hydrogens (tertiary/aromatic N) is 1. The Kier molecular flexibility index (Phi) is 5.23. The van der Waals surface area contributed by atoms with E-state index in [4.69, 9.17) is 11.6 Å². The Hall–Kier alpha value is -2.24. The number of hydrogen-bond acceptors (Lipinski definition) is 3. The van der Waals surface area contributed by atoms with Crippen molar-refractivity contribution < 1.29 is 9.18 Å². The Labute approximate surface area is 148 Å². The van der Waals surface area contributed by atoms with Gasteiger partial charge in [-0.15, -0.1) is 11.3 Å². The van der Waals surface area contributed by atoms with Gasteiger partial charge in [0.1, 0.15) is 10.8 Å². The molecule has 1 amide bonds. The van der Waals surface area contributed by atoms with Crippen molar-refractivity contribution in [3.05, 3.63) is 76.0 Å². The molecule has 3 nitrogen and oxygen atoms in total. The van der Waals surface area contributed by atoms with Crippen LogP contribution in [-0.2, 0) is 17.8 Å². The standard InChI is InChI=1S/C18H14ClFN2OS/c19-14-3-1-2-13(8-14)18-22-16(11-24-18)9-17(23)21-10-12-4-6-15(20)7-5-12/h1-8,11H,9-10H2,(H,21,23). The van der Waals surface area contributed by atoms with Gasteiger partial charge in [0.15, 0.2) is 0 Å². The van der Waals surface area contributed by atoms with Crippen molar-refractivity contribution in [3.8, 4) is 10.6 Å². The predicted octanol–water partition coefficient (Wildman–Crippen LogP) is 4.46. The van der Waals surface area contributed by atoms with E-state index in [1.807, 2.05) is 29.6 Å². The van der Waals surface area contributed by atoms with Gasteiger partial charge in [-0.2, -0.15) is 0 Å². The average Bonchev–Trinajstić information content (AvgIpc) is 3.03. The van der Waals surface area contributed by atoms with Crippen LogP contribution in [0.2, 0.25) is 5.02 Å². The maximum absolute atomic E-state index is 12.8. The van der Waals surface area contributed by atoms with Gasteiger partial charge in [0.25, 0.3) is 0 Å². The lowest BCUT2D eigenvalue weighted by molar-refractivity contribution is -0.120. The van der Waals surface area contributed by atoms with E-state index >= 15 is 0 Å². The normalized spacial score (nSPS) is 10.6. The van der Waals surface area contributed by atoms with Crippen molar-refractivity contribution in [2.75, 3.05) is 0 Å². The van der Waals surface area contributed by atoms with Gasteiger partial charge in [-0.25, -0.2) is 9.37 Å². The molecule has 0 saturated carbocycles. The number of hydrogen-bond donors (Lipinski definition) is 1. The summed E-state index contributed by atoms with van der Waals surface area (Å²) in [4.78, 5) is 16.5. The van der Waals surface area contributed by atoms with Crippen LogP contribution in [0.1, 0.15) is 11.3 Å². The number of halogens is 2. The summed E-state index contributed by atoms with van der Waals surface area (Å²) in [6.07, 6.45) is 0.207. The summed E-state index contributed by atoms with van der Waals surface area (Å²) in [6, 6.07) is 13.5. The topological polar surface area (TPSA) is 42.0 Å². The molecule has 0 aliphatic heterocycles. The predicted molar refractivity (Wildman–Crippen MR) is 94.5 cm³/mol. The maximum Gasteiger partial charge on any atom is 0.226 e. The molecule has 1 N–H and O–H groups in total. The van der Waals surface area contributed by atoms with E-state index in [9.17, 15) is 9.18 Å². The van der Waals surface area contributed by atoms with Gasteiger partial charge in [-0.3, -0.25) is 4.79 Å². The summed E-state index contributed by atoms with van der Waals surface area (Å²) in [5.41, 5.74) is 2.50. The molecule has 0 aliphatic carbocycles. The lowest BCUT2D eigenvalue weighted by atomic mass is 10.2. The highest BCUT2D eigenvalue weighted by atomic mass is 35.5.